The number of aromatic amines is 1. The van der Waals surface area contributed by atoms with E-state index >= 15 is 0 Å². The molecule has 1 aliphatic heterocycles. The molecule has 41 heavy (non-hydrogen) atoms. The summed E-state index contributed by atoms with van der Waals surface area (Å²) in [6, 6.07) is 17.8. The number of benzene rings is 3. The molecular weight excluding hydrogens is 524 g/mol. The van der Waals surface area contributed by atoms with Crippen LogP contribution in [0.1, 0.15) is 21.7 Å². The molecule has 0 radical (unpaired) electrons. The van der Waals surface area contributed by atoms with E-state index in [1.165, 1.54) is 12.0 Å². The Hall–Kier alpha value is -5.45. The van der Waals surface area contributed by atoms with Gasteiger partial charge in [-0.25, -0.2) is 9.97 Å². The van der Waals surface area contributed by atoms with Gasteiger partial charge in [-0.15, -0.1) is 0 Å². The molecule has 11 heteroatoms. The molecule has 1 aliphatic rings. The van der Waals surface area contributed by atoms with Crippen LogP contribution < -0.4 is 20.3 Å². The highest BCUT2D eigenvalue weighted by Gasteiger charge is 2.19. The Morgan fingerprint density at radius 1 is 1.12 bits per heavy atom. The van der Waals surface area contributed by atoms with Crippen LogP contribution in [0.3, 0.4) is 0 Å². The zero-order valence-electron chi connectivity index (χ0n) is 22.4. The molecule has 2 amide bonds. The van der Waals surface area contributed by atoms with E-state index in [9.17, 15) is 14.4 Å². The van der Waals surface area contributed by atoms with E-state index < -0.39 is 0 Å². The minimum absolute atomic E-state index is 0.0947. The largest absolute Gasteiger partial charge is 0.493 e. The maximum atomic E-state index is 13.7. The third-order valence-corrected chi connectivity index (χ3v) is 6.81. The minimum atomic E-state index is -0.323. The molecule has 3 heterocycles. The summed E-state index contributed by atoms with van der Waals surface area (Å²) in [6.45, 7) is 0.0647. The van der Waals surface area contributed by atoms with Gasteiger partial charge in [-0.2, -0.15) is 0 Å². The number of hydrogen-bond acceptors (Lipinski definition) is 7. The number of rotatable bonds is 4. The number of carbonyl (C=O) groups is 2. The molecule has 4 bridgehead atoms. The number of H-pyrrole nitrogens is 1. The Morgan fingerprint density at radius 2 is 1.98 bits per heavy atom. The summed E-state index contributed by atoms with van der Waals surface area (Å²) >= 11 is 0. The average Bonchev–Trinajstić information content (AvgIpc) is 3.48. The zero-order valence-corrected chi connectivity index (χ0v) is 22.4. The molecule has 5 aromatic rings. The minimum Gasteiger partial charge on any atom is -0.493 e. The van der Waals surface area contributed by atoms with Crippen LogP contribution in [0.25, 0.3) is 28.0 Å². The molecule has 206 valence electrons. The summed E-state index contributed by atoms with van der Waals surface area (Å²) in [6.07, 6.45) is 3.48. The van der Waals surface area contributed by atoms with Gasteiger partial charge in [0, 0.05) is 42.8 Å². The van der Waals surface area contributed by atoms with Crippen LogP contribution in [0.2, 0.25) is 0 Å². The zero-order chi connectivity index (χ0) is 28.5. The molecule has 0 atom stereocenters. The summed E-state index contributed by atoms with van der Waals surface area (Å²) in [5, 5.41) is 3.33. The third kappa shape index (κ3) is 5.12. The number of para-hydroxylation sites is 1. The van der Waals surface area contributed by atoms with Crippen molar-refractivity contribution in [2.24, 2.45) is 0 Å². The van der Waals surface area contributed by atoms with Gasteiger partial charge < -0.3 is 24.7 Å². The predicted octanol–water partition coefficient (Wildman–Crippen LogP) is 3.07. The number of hydrogen-bond donors (Lipinski definition) is 2. The van der Waals surface area contributed by atoms with Crippen LogP contribution in [0.5, 0.6) is 11.5 Å². The normalized spacial score (nSPS) is 12.7. The molecule has 2 aromatic heterocycles. The van der Waals surface area contributed by atoms with E-state index in [0.29, 0.717) is 50.9 Å². The summed E-state index contributed by atoms with van der Waals surface area (Å²) < 4.78 is 13.0. The van der Waals surface area contributed by atoms with E-state index in [2.05, 4.69) is 20.3 Å². The highest BCUT2D eigenvalue weighted by atomic mass is 16.5. The van der Waals surface area contributed by atoms with Gasteiger partial charge in [-0.1, -0.05) is 12.1 Å². The lowest BCUT2D eigenvalue weighted by atomic mass is 10.1. The van der Waals surface area contributed by atoms with E-state index in [4.69, 9.17) is 9.47 Å². The molecule has 0 fully saturated rings. The SMILES string of the molecule is COc1ccc2cc1OCC(=O)NCc1cc(C(=O)N(C)Cc3nc4ccccc4c(=O)[nH]3)cc(c1)-n1ccnc1-2. The number of imidazole rings is 1. The Kier molecular flexibility index (Phi) is 6.68. The van der Waals surface area contributed by atoms with E-state index in [1.54, 1.807) is 61.9 Å². The Labute approximate surface area is 234 Å². The van der Waals surface area contributed by atoms with Crippen molar-refractivity contribution in [1.29, 1.82) is 0 Å². The van der Waals surface area contributed by atoms with Gasteiger partial charge in [-0.3, -0.25) is 19.0 Å². The van der Waals surface area contributed by atoms with Crippen LogP contribution in [0.15, 0.2) is 77.9 Å². The molecule has 0 aliphatic carbocycles. The quantitative estimate of drug-likeness (QED) is 0.352. The number of nitrogens with one attached hydrogen (secondary N) is 2. The highest BCUT2D eigenvalue weighted by molar-refractivity contribution is 5.95. The molecule has 3 aromatic carbocycles. The van der Waals surface area contributed by atoms with E-state index in [1.807, 2.05) is 22.8 Å². The first kappa shape index (κ1) is 25.8. The number of aromatic nitrogens is 4. The van der Waals surface area contributed by atoms with E-state index in [-0.39, 0.29) is 37.1 Å². The first-order valence-corrected chi connectivity index (χ1v) is 12.9. The number of nitrogens with zero attached hydrogens (tertiary/aromatic N) is 4. The van der Waals surface area contributed by atoms with Crippen molar-refractivity contribution in [3.8, 4) is 28.6 Å². The van der Waals surface area contributed by atoms with Gasteiger partial charge in [0.15, 0.2) is 18.1 Å². The van der Waals surface area contributed by atoms with Crippen LogP contribution in [0.4, 0.5) is 0 Å². The molecular formula is C30H26N6O5. The van der Waals surface area contributed by atoms with Crippen molar-refractivity contribution in [2.45, 2.75) is 13.1 Å². The van der Waals surface area contributed by atoms with Gasteiger partial charge in [0.05, 0.1) is 24.6 Å². The van der Waals surface area contributed by atoms with Crippen LogP contribution in [-0.2, 0) is 17.9 Å². The van der Waals surface area contributed by atoms with Gasteiger partial charge in [0.2, 0.25) is 0 Å². The maximum Gasteiger partial charge on any atom is 0.258 e. The summed E-state index contributed by atoms with van der Waals surface area (Å²) in [5.74, 6) is 1.30. The standard InChI is InChI=1S/C30H26N6O5/c1-35(16-26-33-23-6-4-3-5-22(23)29(38)34-26)30(39)20-11-18-12-21(13-20)36-10-9-31-28(36)19-7-8-24(40-2)25(14-19)41-17-27(37)32-15-18/h3-14H,15-17H2,1-2H3,(H,32,37)(H,33,34,38). The fourth-order valence-electron chi connectivity index (χ4n) is 4.81. The lowest BCUT2D eigenvalue weighted by molar-refractivity contribution is -0.123. The van der Waals surface area contributed by atoms with Crippen molar-refractivity contribution in [3.05, 3.63) is 100 Å². The number of ether oxygens (including phenoxy) is 2. The van der Waals surface area contributed by atoms with Crippen LogP contribution in [-0.4, -0.2) is 57.0 Å². The van der Waals surface area contributed by atoms with Crippen molar-refractivity contribution in [2.75, 3.05) is 20.8 Å². The van der Waals surface area contributed by atoms with E-state index in [0.717, 1.165) is 5.56 Å². The first-order valence-electron chi connectivity index (χ1n) is 12.9. The van der Waals surface area contributed by atoms with Crippen LogP contribution in [0, 0.1) is 0 Å². The topological polar surface area (TPSA) is 131 Å². The fourth-order valence-corrected chi connectivity index (χ4v) is 4.81. The summed E-state index contributed by atoms with van der Waals surface area (Å²) in [5.41, 5.74) is 2.85. The summed E-state index contributed by atoms with van der Waals surface area (Å²) in [4.78, 5) is 52.1. The molecule has 2 N–H and O–H groups in total. The van der Waals surface area contributed by atoms with Crippen molar-refractivity contribution < 1.29 is 19.1 Å². The van der Waals surface area contributed by atoms with Crippen molar-refractivity contribution >= 4 is 22.7 Å². The van der Waals surface area contributed by atoms with Gasteiger partial charge in [-0.05, 0) is 54.1 Å². The van der Waals surface area contributed by atoms with Crippen molar-refractivity contribution in [3.63, 3.8) is 0 Å². The highest BCUT2D eigenvalue weighted by Crippen LogP contribution is 2.33. The average molecular weight is 551 g/mol. The monoisotopic (exact) mass is 550 g/mol. The second-order valence-corrected chi connectivity index (χ2v) is 9.63. The molecule has 11 nitrogen and oxygen atoms in total. The maximum absolute atomic E-state index is 13.7. The van der Waals surface area contributed by atoms with Gasteiger partial charge in [0.1, 0.15) is 11.6 Å². The Balaban J connectivity index is 1.38. The molecule has 0 spiro atoms. The van der Waals surface area contributed by atoms with Gasteiger partial charge >= 0.3 is 0 Å². The molecule has 0 unspecified atom stereocenters. The second kappa shape index (κ2) is 10.6. The fraction of sp³-hybridized carbons (Fsp3) is 0.167. The van der Waals surface area contributed by atoms with Crippen LogP contribution >= 0.6 is 0 Å². The molecule has 0 saturated heterocycles. The Bertz CT molecular complexity index is 1860. The van der Waals surface area contributed by atoms with Crippen molar-refractivity contribution in [1.82, 2.24) is 29.7 Å². The van der Waals surface area contributed by atoms with Gasteiger partial charge in [0.25, 0.3) is 17.4 Å². The number of fused-ring (bicyclic) bond motifs is 8. The summed E-state index contributed by atoms with van der Waals surface area (Å²) in [7, 11) is 3.18. The smallest absolute Gasteiger partial charge is 0.258 e. The predicted molar refractivity (Wildman–Crippen MR) is 151 cm³/mol. The Morgan fingerprint density at radius 3 is 2.83 bits per heavy atom. The number of methoxy groups -OCH3 is 1. The lowest BCUT2D eigenvalue weighted by Gasteiger charge is -2.19. The lowest BCUT2D eigenvalue weighted by Crippen LogP contribution is -2.30. The molecule has 6 rings (SSSR count). The third-order valence-electron chi connectivity index (χ3n) is 6.81. The second-order valence-electron chi connectivity index (χ2n) is 9.63. The molecule has 0 saturated carbocycles. The number of amides is 2. The number of carbonyl (C=O) groups excluding carboxylic acids is 2. The first-order chi connectivity index (χ1) is 19.9.